The number of benzene rings is 1. The van der Waals surface area contributed by atoms with Crippen molar-refractivity contribution >= 4 is 17.2 Å². The molecule has 0 spiro atoms. The Hall–Kier alpha value is -1.85. The van der Waals surface area contributed by atoms with Gasteiger partial charge in [0.1, 0.15) is 5.75 Å². The van der Waals surface area contributed by atoms with E-state index in [0.29, 0.717) is 13.0 Å². The number of likely N-dealkylation sites (tertiary alicyclic amines) is 1. The summed E-state index contributed by atoms with van der Waals surface area (Å²) in [6, 6.07) is 12.3. The standard InChI is InChI=1S/C21H28N2O2S/c1-25-18-10-8-17(9-11-18)15-21(24)22-16-19(20-7-6-14-26-20)23-12-4-2-3-5-13-23/h6-11,14,19H,2-5,12-13,15-16H2,1H3,(H,22,24). The lowest BCUT2D eigenvalue weighted by molar-refractivity contribution is -0.120. The first-order valence-corrected chi connectivity index (χ1v) is 10.3. The van der Waals surface area contributed by atoms with Crippen LogP contribution in [0.4, 0.5) is 0 Å². The van der Waals surface area contributed by atoms with Crippen molar-refractivity contribution in [1.29, 1.82) is 0 Å². The van der Waals surface area contributed by atoms with Crippen LogP contribution in [0.25, 0.3) is 0 Å². The molecule has 0 radical (unpaired) electrons. The van der Waals surface area contributed by atoms with Crippen LogP contribution in [-0.2, 0) is 11.2 Å². The summed E-state index contributed by atoms with van der Waals surface area (Å²) in [4.78, 5) is 16.3. The Morgan fingerprint density at radius 1 is 1.15 bits per heavy atom. The molecule has 0 aliphatic carbocycles. The number of nitrogens with zero attached hydrogens (tertiary/aromatic N) is 1. The van der Waals surface area contributed by atoms with E-state index in [1.807, 2.05) is 24.3 Å². The molecule has 1 amide bonds. The molecule has 2 aromatic rings. The van der Waals surface area contributed by atoms with Crippen molar-refractivity contribution < 1.29 is 9.53 Å². The summed E-state index contributed by atoms with van der Waals surface area (Å²) in [7, 11) is 1.65. The second kappa shape index (κ2) is 9.74. The van der Waals surface area contributed by atoms with Crippen LogP contribution in [0.2, 0.25) is 0 Å². The highest BCUT2D eigenvalue weighted by atomic mass is 32.1. The molecule has 2 heterocycles. The molecule has 1 atom stereocenters. The topological polar surface area (TPSA) is 41.6 Å². The number of rotatable bonds is 7. The summed E-state index contributed by atoms with van der Waals surface area (Å²) in [5, 5.41) is 5.28. The number of hydrogen-bond acceptors (Lipinski definition) is 4. The van der Waals surface area contributed by atoms with E-state index in [-0.39, 0.29) is 11.9 Å². The van der Waals surface area contributed by atoms with Gasteiger partial charge in [0.2, 0.25) is 5.91 Å². The van der Waals surface area contributed by atoms with Crippen LogP contribution in [0.5, 0.6) is 5.75 Å². The average Bonchev–Trinajstić information content (AvgIpc) is 3.05. The van der Waals surface area contributed by atoms with E-state index < -0.39 is 0 Å². The highest BCUT2D eigenvalue weighted by Crippen LogP contribution is 2.27. The minimum atomic E-state index is 0.0755. The summed E-state index contributed by atoms with van der Waals surface area (Å²) >= 11 is 1.78. The Morgan fingerprint density at radius 3 is 2.50 bits per heavy atom. The molecule has 1 aromatic heterocycles. The number of carbonyl (C=O) groups is 1. The van der Waals surface area contributed by atoms with Gasteiger partial charge in [0.25, 0.3) is 0 Å². The van der Waals surface area contributed by atoms with Crippen LogP contribution >= 0.6 is 11.3 Å². The van der Waals surface area contributed by atoms with Gasteiger partial charge in [-0.15, -0.1) is 11.3 Å². The Kier molecular flexibility index (Phi) is 7.09. The van der Waals surface area contributed by atoms with Crippen molar-refractivity contribution in [3.63, 3.8) is 0 Å². The summed E-state index contributed by atoms with van der Waals surface area (Å²) in [6.45, 7) is 2.92. The van der Waals surface area contributed by atoms with Crippen LogP contribution in [0.1, 0.15) is 42.2 Å². The minimum absolute atomic E-state index is 0.0755. The maximum absolute atomic E-state index is 12.4. The highest BCUT2D eigenvalue weighted by molar-refractivity contribution is 7.10. The number of carbonyl (C=O) groups excluding carboxylic acids is 1. The van der Waals surface area contributed by atoms with Crippen molar-refractivity contribution in [3.05, 3.63) is 52.2 Å². The number of ether oxygens (including phenoxy) is 1. The molecule has 1 aliphatic heterocycles. The van der Waals surface area contributed by atoms with Gasteiger partial charge in [-0.2, -0.15) is 0 Å². The molecule has 5 heteroatoms. The van der Waals surface area contributed by atoms with Gasteiger partial charge in [-0.25, -0.2) is 0 Å². The maximum atomic E-state index is 12.4. The van der Waals surface area contributed by atoms with Crippen LogP contribution in [0.3, 0.4) is 0 Å². The third-order valence-electron chi connectivity index (χ3n) is 4.97. The van der Waals surface area contributed by atoms with Crippen molar-refractivity contribution in [1.82, 2.24) is 10.2 Å². The van der Waals surface area contributed by atoms with Gasteiger partial charge >= 0.3 is 0 Å². The molecule has 1 N–H and O–H groups in total. The smallest absolute Gasteiger partial charge is 0.224 e. The second-order valence-corrected chi connectivity index (χ2v) is 7.79. The van der Waals surface area contributed by atoms with E-state index >= 15 is 0 Å². The predicted molar refractivity (Wildman–Crippen MR) is 107 cm³/mol. The molecule has 1 aromatic carbocycles. The zero-order valence-electron chi connectivity index (χ0n) is 15.4. The van der Waals surface area contributed by atoms with Crippen molar-refractivity contribution in [2.75, 3.05) is 26.7 Å². The molecule has 1 fully saturated rings. The molecule has 3 rings (SSSR count). The van der Waals surface area contributed by atoms with Crippen molar-refractivity contribution in [3.8, 4) is 5.75 Å². The number of amides is 1. The fourth-order valence-electron chi connectivity index (χ4n) is 3.50. The zero-order valence-corrected chi connectivity index (χ0v) is 16.3. The van der Waals surface area contributed by atoms with Gasteiger partial charge in [0.15, 0.2) is 0 Å². The van der Waals surface area contributed by atoms with Crippen molar-refractivity contribution in [2.24, 2.45) is 0 Å². The molecule has 1 unspecified atom stereocenters. The molecule has 140 valence electrons. The first kappa shape index (κ1) is 18.9. The number of hydrogen-bond donors (Lipinski definition) is 1. The monoisotopic (exact) mass is 372 g/mol. The Bertz CT molecular complexity index is 662. The van der Waals surface area contributed by atoms with E-state index in [9.17, 15) is 4.79 Å². The van der Waals surface area contributed by atoms with Gasteiger partial charge in [-0.05, 0) is 55.1 Å². The van der Waals surface area contributed by atoms with E-state index in [1.54, 1.807) is 18.4 Å². The summed E-state index contributed by atoms with van der Waals surface area (Å²) in [5.74, 6) is 0.889. The summed E-state index contributed by atoms with van der Waals surface area (Å²) in [6.07, 6.45) is 5.54. The third-order valence-corrected chi connectivity index (χ3v) is 5.94. The van der Waals surface area contributed by atoms with Crippen LogP contribution in [0, 0.1) is 0 Å². The first-order chi connectivity index (χ1) is 12.8. The SMILES string of the molecule is COc1ccc(CC(=O)NCC(c2cccs2)N2CCCCCC2)cc1. The molecular weight excluding hydrogens is 344 g/mol. The quantitative estimate of drug-likeness (QED) is 0.798. The number of methoxy groups -OCH3 is 1. The Morgan fingerprint density at radius 2 is 1.88 bits per heavy atom. The Labute approximate surface area is 160 Å². The van der Waals surface area contributed by atoms with Crippen LogP contribution in [-0.4, -0.2) is 37.6 Å². The van der Waals surface area contributed by atoms with Gasteiger partial charge in [-0.1, -0.05) is 31.0 Å². The zero-order chi connectivity index (χ0) is 18.2. The summed E-state index contributed by atoms with van der Waals surface area (Å²) in [5.41, 5.74) is 1.01. The lowest BCUT2D eigenvalue weighted by atomic mass is 10.1. The molecule has 4 nitrogen and oxygen atoms in total. The van der Waals surface area contributed by atoms with Gasteiger partial charge in [0.05, 0.1) is 19.6 Å². The van der Waals surface area contributed by atoms with Crippen LogP contribution in [0.15, 0.2) is 41.8 Å². The first-order valence-electron chi connectivity index (χ1n) is 9.43. The second-order valence-electron chi connectivity index (χ2n) is 6.81. The Balaban J connectivity index is 1.58. The van der Waals surface area contributed by atoms with Gasteiger partial charge in [-0.3, -0.25) is 9.69 Å². The number of nitrogens with one attached hydrogen (secondary N) is 1. The lowest BCUT2D eigenvalue weighted by Crippen LogP contribution is -2.38. The molecule has 0 bridgehead atoms. The molecule has 1 aliphatic rings. The highest BCUT2D eigenvalue weighted by Gasteiger charge is 2.22. The third kappa shape index (κ3) is 5.32. The molecule has 0 saturated carbocycles. The minimum Gasteiger partial charge on any atom is -0.497 e. The molecule has 26 heavy (non-hydrogen) atoms. The van der Waals surface area contributed by atoms with Crippen LogP contribution < -0.4 is 10.1 Å². The summed E-state index contributed by atoms with van der Waals surface area (Å²) < 4.78 is 5.17. The van der Waals surface area contributed by atoms with E-state index in [4.69, 9.17) is 4.74 Å². The fourth-order valence-corrected chi connectivity index (χ4v) is 4.36. The van der Waals surface area contributed by atoms with Gasteiger partial charge < -0.3 is 10.1 Å². The van der Waals surface area contributed by atoms with E-state index in [0.717, 1.165) is 24.4 Å². The van der Waals surface area contributed by atoms with E-state index in [1.165, 1.54) is 30.6 Å². The normalized spacial score (nSPS) is 16.7. The lowest BCUT2D eigenvalue weighted by Gasteiger charge is -2.30. The predicted octanol–water partition coefficient (Wildman–Crippen LogP) is 4.03. The number of thiophene rings is 1. The molecular formula is C21H28N2O2S. The van der Waals surface area contributed by atoms with Crippen molar-refractivity contribution in [2.45, 2.75) is 38.1 Å². The van der Waals surface area contributed by atoms with Gasteiger partial charge in [0, 0.05) is 11.4 Å². The average molecular weight is 373 g/mol. The maximum Gasteiger partial charge on any atom is 0.224 e. The fraction of sp³-hybridized carbons (Fsp3) is 0.476. The van der Waals surface area contributed by atoms with E-state index in [2.05, 4.69) is 27.7 Å². The largest absolute Gasteiger partial charge is 0.497 e. The molecule has 1 saturated heterocycles.